The Hall–Kier alpha value is -2.89. The molecule has 19 heavy (non-hydrogen) atoms. The summed E-state index contributed by atoms with van der Waals surface area (Å²) in [6.45, 7) is 0. The van der Waals surface area contributed by atoms with Crippen molar-refractivity contribution in [2.75, 3.05) is 5.73 Å². The van der Waals surface area contributed by atoms with Gasteiger partial charge in [0.05, 0.1) is 5.69 Å². The molecule has 0 amide bonds. The number of fused-ring (bicyclic) bond motifs is 1. The summed E-state index contributed by atoms with van der Waals surface area (Å²) in [6, 6.07) is 11.3. The van der Waals surface area contributed by atoms with Crippen LogP contribution in [0.2, 0.25) is 0 Å². The second-order valence-electron chi connectivity index (χ2n) is 4.03. The fourth-order valence-electron chi connectivity index (χ4n) is 1.87. The number of nitrogens with zero attached hydrogens (tertiary/aromatic N) is 3. The van der Waals surface area contributed by atoms with Gasteiger partial charge in [0.2, 0.25) is 0 Å². The summed E-state index contributed by atoms with van der Waals surface area (Å²) in [5, 5.41) is 13.3. The molecular formula is C13H10N4O2. The largest absolute Gasteiger partial charge is 0.477 e. The van der Waals surface area contributed by atoms with Gasteiger partial charge >= 0.3 is 5.97 Å². The van der Waals surface area contributed by atoms with Gasteiger partial charge in [-0.15, -0.1) is 0 Å². The van der Waals surface area contributed by atoms with Gasteiger partial charge in [0.15, 0.2) is 5.65 Å². The Morgan fingerprint density at radius 2 is 2.00 bits per heavy atom. The van der Waals surface area contributed by atoms with E-state index < -0.39 is 5.97 Å². The maximum absolute atomic E-state index is 11.0. The van der Waals surface area contributed by atoms with Crippen LogP contribution in [0, 0.1) is 0 Å². The van der Waals surface area contributed by atoms with Crippen molar-refractivity contribution in [1.82, 2.24) is 14.6 Å². The fourth-order valence-corrected chi connectivity index (χ4v) is 1.87. The molecule has 0 fully saturated rings. The van der Waals surface area contributed by atoms with Gasteiger partial charge in [-0.3, -0.25) is 0 Å². The maximum Gasteiger partial charge on any atom is 0.341 e. The molecule has 1 aromatic carbocycles. The number of anilines is 1. The molecular weight excluding hydrogens is 244 g/mol. The van der Waals surface area contributed by atoms with Gasteiger partial charge in [0, 0.05) is 17.8 Å². The van der Waals surface area contributed by atoms with Gasteiger partial charge in [0.1, 0.15) is 11.4 Å². The minimum Gasteiger partial charge on any atom is -0.477 e. The van der Waals surface area contributed by atoms with Crippen molar-refractivity contribution < 1.29 is 9.90 Å². The highest BCUT2D eigenvalue weighted by molar-refractivity contribution is 5.92. The van der Waals surface area contributed by atoms with Crippen LogP contribution in [-0.2, 0) is 0 Å². The van der Waals surface area contributed by atoms with Crippen molar-refractivity contribution in [2.24, 2.45) is 0 Å². The first-order valence-electron chi connectivity index (χ1n) is 5.60. The molecule has 2 aromatic heterocycles. The zero-order valence-corrected chi connectivity index (χ0v) is 9.82. The molecule has 3 aromatic rings. The number of hydrogen-bond donors (Lipinski definition) is 2. The molecule has 0 unspecified atom stereocenters. The van der Waals surface area contributed by atoms with Crippen molar-refractivity contribution in [2.45, 2.75) is 0 Å². The van der Waals surface area contributed by atoms with Crippen LogP contribution in [0.15, 0.2) is 42.6 Å². The molecule has 0 spiro atoms. The molecule has 0 saturated heterocycles. The average molecular weight is 254 g/mol. The molecule has 0 aliphatic carbocycles. The number of carboxylic acid groups (broad SMARTS) is 1. The van der Waals surface area contributed by atoms with Crippen LogP contribution in [0.1, 0.15) is 10.4 Å². The molecule has 3 N–H and O–H groups in total. The highest BCUT2D eigenvalue weighted by Crippen LogP contribution is 2.21. The van der Waals surface area contributed by atoms with Crippen LogP contribution < -0.4 is 5.73 Å². The predicted octanol–water partition coefficient (Wildman–Crippen LogP) is 1.68. The first kappa shape index (κ1) is 11.2. The van der Waals surface area contributed by atoms with Gasteiger partial charge in [-0.25, -0.2) is 9.78 Å². The van der Waals surface area contributed by atoms with E-state index in [1.807, 2.05) is 30.3 Å². The molecule has 6 nitrogen and oxygen atoms in total. The summed E-state index contributed by atoms with van der Waals surface area (Å²) in [7, 11) is 0. The fraction of sp³-hybridized carbons (Fsp3) is 0. The van der Waals surface area contributed by atoms with E-state index in [0.717, 1.165) is 5.56 Å². The van der Waals surface area contributed by atoms with E-state index in [9.17, 15) is 4.79 Å². The summed E-state index contributed by atoms with van der Waals surface area (Å²) in [4.78, 5) is 15.0. The van der Waals surface area contributed by atoms with Crippen molar-refractivity contribution in [3.8, 4) is 11.3 Å². The summed E-state index contributed by atoms with van der Waals surface area (Å²) in [5.74, 6) is -1.05. The number of aromatic nitrogens is 3. The summed E-state index contributed by atoms with van der Waals surface area (Å²) in [6.07, 6.45) is 1.24. The summed E-state index contributed by atoms with van der Waals surface area (Å²) in [5.41, 5.74) is 7.86. The molecule has 0 bridgehead atoms. The zero-order valence-electron chi connectivity index (χ0n) is 9.82. The number of nitrogen functional groups attached to an aromatic ring is 1. The summed E-state index contributed by atoms with van der Waals surface area (Å²) < 4.78 is 1.34. The van der Waals surface area contributed by atoms with Gasteiger partial charge < -0.3 is 10.8 Å². The highest BCUT2D eigenvalue weighted by Gasteiger charge is 2.14. The van der Waals surface area contributed by atoms with Crippen LogP contribution >= 0.6 is 0 Å². The Kier molecular flexibility index (Phi) is 2.42. The number of nitrogens with two attached hydrogens (primary N) is 1. The predicted molar refractivity (Wildman–Crippen MR) is 69.8 cm³/mol. The maximum atomic E-state index is 11.0. The lowest BCUT2D eigenvalue weighted by atomic mass is 10.2. The van der Waals surface area contributed by atoms with Gasteiger partial charge in [-0.1, -0.05) is 30.3 Å². The minimum absolute atomic E-state index is 0.0600. The van der Waals surface area contributed by atoms with E-state index in [4.69, 9.17) is 10.8 Å². The highest BCUT2D eigenvalue weighted by atomic mass is 16.4. The monoisotopic (exact) mass is 254 g/mol. The van der Waals surface area contributed by atoms with Crippen LogP contribution in [0.3, 0.4) is 0 Å². The third-order valence-electron chi connectivity index (χ3n) is 2.82. The average Bonchev–Trinajstić information content (AvgIpc) is 2.85. The van der Waals surface area contributed by atoms with Crippen LogP contribution in [0.25, 0.3) is 16.9 Å². The topological polar surface area (TPSA) is 93.5 Å². The number of carboxylic acids is 1. The molecule has 3 rings (SSSR count). The third kappa shape index (κ3) is 1.79. The van der Waals surface area contributed by atoms with E-state index in [0.29, 0.717) is 11.3 Å². The van der Waals surface area contributed by atoms with Gasteiger partial charge in [0.25, 0.3) is 0 Å². The Balaban J connectivity index is 2.22. The molecule has 0 saturated carbocycles. The van der Waals surface area contributed by atoms with Crippen LogP contribution in [-0.4, -0.2) is 25.7 Å². The number of hydrogen-bond acceptors (Lipinski definition) is 4. The first-order chi connectivity index (χ1) is 9.16. The van der Waals surface area contributed by atoms with Crippen LogP contribution in [0.4, 0.5) is 5.82 Å². The SMILES string of the molecule is Nc1c(C(=O)O)cnc2cc(-c3ccccc3)nn12. The van der Waals surface area contributed by atoms with Crippen molar-refractivity contribution >= 4 is 17.4 Å². The standard InChI is InChI=1S/C13H10N4O2/c14-12-9(13(18)19)7-15-11-6-10(16-17(11)12)8-4-2-1-3-5-8/h1-7H,14H2,(H,18,19). The van der Waals surface area contributed by atoms with E-state index in [1.54, 1.807) is 6.07 Å². The third-order valence-corrected chi connectivity index (χ3v) is 2.82. The normalized spacial score (nSPS) is 10.7. The van der Waals surface area contributed by atoms with E-state index >= 15 is 0 Å². The number of carbonyl (C=O) groups is 1. The second kappa shape index (κ2) is 4.09. The smallest absolute Gasteiger partial charge is 0.341 e. The molecule has 2 heterocycles. The Morgan fingerprint density at radius 3 is 2.68 bits per heavy atom. The van der Waals surface area contributed by atoms with E-state index in [1.165, 1.54) is 10.7 Å². The Labute approximate surface area is 108 Å². The van der Waals surface area contributed by atoms with E-state index in [2.05, 4.69) is 10.1 Å². The Bertz CT molecular complexity index is 765. The second-order valence-corrected chi connectivity index (χ2v) is 4.03. The lowest BCUT2D eigenvalue weighted by molar-refractivity contribution is 0.0697. The molecule has 0 radical (unpaired) electrons. The number of rotatable bonds is 2. The zero-order chi connectivity index (χ0) is 13.4. The molecule has 94 valence electrons. The van der Waals surface area contributed by atoms with Crippen LogP contribution in [0.5, 0.6) is 0 Å². The molecule has 0 aliphatic rings. The van der Waals surface area contributed by atoms with Crippen molar-refractivity contribution in [3.63, 3.8) is 0 Å². The minimum atomic E-state index is -1.12. The Morgan fingerprint density at radius 1 is 1.26 bits per heavy atom. The molecule has 6 heteroatoms. The van der Waals surface area contributed by atoms with Gasteiger partial charge in [-0.2, -0.15) is 9.61 Å². The molecule has 0 atom stereocenters. The summed E-state index contributed by atoms with van der Waals surface area (Å²) >= 11 is 0. The van der Waals surface area contributed by atoms with Crippen molar-refractivity contribution in [3.05, 3.63) is 48.2 Å². The lowest BCUT2D eigenvalue weighted by Gasteiger charge is -2.01. The van der Waals surface area contributed by atoms with Gasteiger partial charge in [-0.05, 0) is 0 Å². The van der Waals surface area contributed by atoms with Crippen molar-refractivity contribution in [1.29, 1.82) is 0 Å². The quantitative estimate of drug-likeness (QED) is 0.725. The lowest BCUT2D eigenvalue weighted by Crippen LogP contribution is -2.09. The number of aromatic carboxylic acids is 1. The first-order valence-corrected chi connectivity index (χ1v) is 5.60. The molecule has 0 aliphatic heterocycles. The number of benzene rings is 1. The van der Waals surface area contributed by atoms with E-state index in [-0.39, 0.29) is 11.4 Å².